The molecule has 2 heterocycles. The molecule has 0 spiro atoms. The molecule has 2 aromatic rings. The number of anilines is 1. The summed E-state index contributed by atoms with van der Waals surface area (Å²) in [4.78, 5) is 26.5. The molecule has 2 aliphatic carbocycles. The van der Waals surface area contributed by atoms with Crippen LogP contribution in [0.4, 0.5) is 10.1 Å². The van der Waals surface area contributed by atoms with Crippen molar-refractivity contribution in [1.82, 2.24) is 4.57 Å². The number of carboxylic acids is 1. The molecule has 1 aromatic heterocycles. The molecule has 1 atom stereocenters. The lowest BCUT2D eigenvalue weighted by Gasteiger charge is -2.35. The molecule has 3 N–H and O–H groups in total. The third-order valence-corrected chi connectivity index (χ3v) is 6.21. The number of aromatic carboxylic acids is 1. The number of hydrogen-bond donors (Lipinski definition) is 2. The second-order valence-electron chi connectivity index (χ2n) is 8.45. The molecule has 0 radical (unpaired) electrons. The molecular formula is C21H24FN3O3. The first kappa shape index (κ1) is 17.7. The highest BCUT2D eigenvalue weighted by molar-refractivity contribution is 5.96. The van der Waals surface area contributed by atoms with Crippen LogP contribution in [0.25, 0.3) is 10.9 Å². The van der Waals surface area contributed by atoms with Crippen molar-refractivity contribution >= 4 is 22.6 Å². The number of rotatable bonds is 4. The Kier molecular flexibility index (Phi) is 3.98. The Bertz CT molecular complexity index is 1040. The first-order valence-corrected chi connectivity index (χ1v) is 10.1. The van der Waals surface area contributed by atoms with E-state index in [-0.39, 0.29) is 29.0 Å². The van der Waals surface area contributed by atoms with Gasteiger partial charge in [-0.25, -0.2) is 9.18 Å². The zero-order chi connectivity index (χ0) is 19.6. The zero-order valence-corrected chi connectivity index (χ0v) is 15.7. The number of piperidine rings is 1. The van der Waals surface area contributed by atoms with E-state index in [1.165, 1.54) is 12.3 Å². The minimum Gasteiger partial charge on any atom is -0.477 e. The van der Waals surface area contributed by atoms with Crippen LogP contribution in [-0.4, -0.2) is 34.8 Å². The highest BCUT2D eigenvalue weighted by Crippen LogP contribution is 2.50. The molecule has 1 aliphatic heterocycles. The molecule has 5 rings (SSSR count). The van der Waals surface area contributed by atoms with E-state index in [0.29, 0.717) is 12.2 Å². The topological polar surface area (TPSA) is 88.6 Å². The van der Waals surface area contributed by atoms with Crippen LogP contribution in [0.1, 0.15) is 66.4 Å². The van der Waals surface area contributed by atoms with Crippen molar-refractivity contribution in [3.63, 3.8) is 0 Å². The fourth-order valence-corrected chi connectivity index (χ4v) is 4.59. The van der Waals surface area contributed by atoms with Gasteiger partial charge in [0, 0.05) is 42.3 Å². The Balaban J connectivity index is 1.83. The van der Waals surface area contributed by atoms with Crippen molar-refractivity contribution in [2.24, 2.45) is 5.73 Å². The van der Waals surface area contributed by atoms with Gasteiger partial charge >= 0.3 is 5.97 Å². The van der Waals surface area contributed by atoms with E-state index < -0.39 is 17.2 Å². The van der Waals surface area contributed by atoms with Gasteiger partial charge in [0.15, 0.2) is 0 Å². The number of nitrogens with two attached hydrogens (primary N) is 1. The maximum absolute atomic E-state index is 15.4. The van der Waals surface area contributed by atoms with Crippen molar-refractivity contribution in [2.45, 2.75) is 56.5 Å². The predicted molar refractivity (Wildman–Crippen MR) is 105 cm³/mol. The van der Waals surface area contributed by atoms with E-state index in [1.807, 2.05) is 9.47 Å². The SMILES string of the molecule is NC1CCCN(c2c(F)cc3c(=O)c(C(=O)O)cn(C4CC4)c3c2C2CC2)C1. The third kappa shape index (κ3) is 2.80. The Hall–Kier alpha value is -2.41. The van der Waals surface area contributed by atoms with E-state index >= 15 is 4.39 Å². The van der Waals surface area contributed by atoms with Gasteiger partial charge in [-0.05, 0) is 50.5 Å². The Morgan fingerprint density at radius 1 is 1.21 bits per heavy atom. The van der Waals surface area contributed by atoms with Crippen LogP contribution in [0, 0.1) is 5.82 Å². The fraction of sp³-hybridized carbons (Fsp3) is 0.524. The quantitative estimate of drug-likeness (QED) is 0.845. The van der Waals surface area contributed by atoms with Crippen molar-refractivity contribution < 1.29 is 14.3 Å². The molecule has 28 heavy (non-hydrogen) atoms. The number of fused-ring (bicyclic) bond motifs is 1. The van der Waals surface area contributed by atoms with Crippen LogP contribution in [-0.2, 0) is 0 Å². The first-order valence-electron chi connectivity index (χ1n) is 10.1. The molecule has 148 valence electrons. The van der Waals surface area contributed by atoms with Crippen LogP contribution in [0.15, 0.2) is 17.1 Å². The third-order valence-electron chi connectivity index (χ3n) is 6.21. The second-order valence-corrected chi connectivity index (χ2v) is 8.45. The van der Waals surface area contributed by atoms with Crippen LogP contribution >= 0.6 is 0 Å². The molecule has 7 heteroatoms. The number of halogens is 1. The second kappa shape index (κ2) is 6.30. The summed E-state index contributed by atoms with van der Waals surface area (Å²) in [6, 6.07) is 1.45. The lowest BCUT2D eigenvalue weighted by molar-refractivity contribution is 0.0695. The Labute approximate surface area is 161 Å². The Morgan fingerprint density at radius 3 is 2.57 bits per heavy atom. The van der Waals surface area contributed by atoms with E-state index in [9.17, 15) is 14.7 Å². The summed E-state index contributed by atoms with van der Waals surface area (Å²) >= 11 is 0. The summed E-state index contributed by atoms with van der Waals surface area (Å²) in [5, 5.41) is 9.66. The standard InChI is InChI=1S/C21H24FN3O3/c22-16-8-14-18(25(13-5-6-13)10-15(20(14)26)21(27)28)17(11-3-4-11)19(16)24-7-1-2-12(23)9-24/h8,10-13H,1-7,9,23H2,(H,27,28). The molecular weight excluding hydrogens is 361 g/mol. The van der Waals surface area contributed by atoms with Gasteiger partial charge in [-0.1, -0.05) is 0 Å². The predicted octanol–water partition coefficient (Wildman–Crippen LogP) is 2.98. The number of carbonyl (C=O) groups is 1. The average molecular weight is 385 g/mol. The van der Waals surface area contributed by atoms with Crippen LogP contribution < -0.4 is 16.1 Å². The number of nitrogens with zero attached hydrogens (tertiary/aromatic N) is 2. The zero-order valence-electron chi connectivity index (χ0n) is 15.7. The largest absolute Gasteiger partial charge is 0.477 e. The van der Waals surface area contributed by atoms with Gasteiger partial charge in [0.1, 0.15) is 11.4 Å². The maximum Gasteiger partial charge on any atom is 0.341 e. The van der Waals surface area contributed by atoms with Gasteiger partial charge in [-0.2, -0.15) is 0 Å². The van der Waals surface area contributed by atoms with Gasteiger partial charge in [0.05, 0.1) is 11.2 Å². The summed E-state index contributed by atoms with van der Waals surface area (Å²) in [5.41, 5.74) is 7.45. The van der Waals surface area contributed by atoms with Crippen molar-refractivity contribution in [2.75, 3.05) is 18.0 Å². The monoisotopic (exact) mass is 385 g/mol. The fourth-order valence-electron chi connectivity index (χ4n) is 4.59. The van der Waals surface area contributed by atoms with Crippen molar-refractivity contribution in [1.29, 1.82) is 0 Å². The smallest absolute Gasteiger partial charge is 0.341 e. The lowest BCUT2D eigenvalue weighted by atomic mass is 9.97. The summed E-state index contributed by atoms with van der Waals surface area (Å²) in [6.45, 7) is 1.35. The highest BCUT2D eigenvalue weighted by Gasteiger charge is 2.37. The first-order chi connectivity index (χ1) is 13.5. The molecule has 0 amide bonds. The maximum atomic E-state index is 15.4. The minimum absolute atomic E-state index is 0.0101. The molecule has 6 nitrogen and oxygen atoms in total. The number of carboxylic acid groups (broad SMARTS) is 1. The Morgan fingerprint density at radius 2 is 1.96 bits per heavy atom. The molecule has 2 saturated carbocycles. The summed E-state index contributed by atoms with van der Waals surface area (Å²) in [5.74, 6) is -1.49. The molecule has 3 fully saturated rings. The number of aromatic nitrogens is 1. The lowest BCUT2D eigenvalue weighted by Crippen LogP contribution is -2.43. The van der Waals surface area contributed by atoms with Crippen molar-refractivity contribution in [3.8, 4) is 0 Å². The number of hydrogen-bond acceptors (Lipinski definition) is 4. The van der Waals surface area contributed by atoms with Gasteiger partial charge in [0.25, 0.3) is 0 Å². The normalized spacial score (nSPS) is 22.6. The van der Waals surface area contributed by atoms with Gasteiger partial charge < -0.3 is 20.3 Å². The molecule has 1 saturated heterocycles. The minimum atomic E-state index is -1.26. The highest BCUT2D eigenvalue weighted by atomic mass is 19.1. The van der Waals surface area contributed by atoms with E-state index in [0.717, 1.165) is 56.1 Å². The molecule has 1 aromatic carbocycles. The van der Waals surface area contributed by atoms with Crippen LogP contribution in [0.5, 0.6) is 0 Å². The van der Waals surface area contributed by atoms with E-state index in [4.69, 9.17) is 5.73 Å². The van der Waals surface area contributed by atoms with E-state index in [1.54, 1.807) is 0 Å². The average Bonchev–Trinajstić information content (AvgIpc) is 3.54. The van der Waals surface area contributed by atoms with E-state index in [2.05, 4.69) is 0 Å². The number of benzene rings is 1. The van der Waals surface area contributed by atoms with Crippen LogP contribution in [0.2, 0.25) is 0 Å². The van der Waals surface area contributed by atoms with Gasteiger partial charge in [-0.3, -0.25) is 4.79 Å². The summed E-state index contributed by atoms with van der Waals surface area (Å²) in [7, 11) is 0. The van der Waals surface area contributed by atoms with Gasteiger partial charge in [-0.15, -0.1) is 0 Å². The molecule has 3 aliphatic rings. The van der Waals surface area contributed by atoms with Gasteiger partial charge in [0.2, 0.25) is 5.43 Å². The molecule has 1 unspecified atom stereocenters. The summed E-state index contributed by atoms with van der Waals surface area (Å²) < 4.78 is 17.3. The van der Waals surface area contributed by atoms with Crippen molar-refractivity contribution in [3.05, 3.63) is 39.4 Å². The summed E-state index contributed by atoms with van der Waals surface area (Å²) in [6.07, 6.45) is 7.14. The molecule has 0 bridgehead atoms. The number of pyridine rings is 1. The van der Waals surface area contributed by atoms with Crippen LogP contribution in [0.3, 0.4) is 0 Å².